The predicted octanol–water partition coefficient (Wildman–Crippen LogP) is -0.0696. The third-order valence-electron chi connectivity index (χ3n) is 4.48. The van der Waals surface area contributed by atoms with Crippen LogP contribution in [-0.2, 0) is 4.79 Å². The van der Waals surface area contributed by atoms with Crippen LogP contribution in [0.4, 0.5) is 4.79 Å². The van der Waals surface area contributed by atoms with Crippen LogP contribution in [0.1, 0.15) is 26.2 Å². The van der Waals surface area contributed by atoms with Crippen molar-refractivity contribution in [1.29, 1.82) is 0 Å². The van der Waals surface area contributed by atoms with Crippen LogP contribution in [0.15, 0.2) is 0 Å². The van der Waals surface area contributed by atoms with E-state index < -0.39 is 11.5 Å². The van der Waals surface area contributed by atoms with Crippen molar-refractivity contribution >= 4 is 12.0 Å². The number of aliphatic carboxylic acids is 1. The van der Waals surface area contributed by atoms with E-state index in [0.29, 0.717) is 19.5 Å². The maximum Gasteiger partial charge on any atom is 0.329 e. The lowest BCUT2D eigenvalue weighted by molar-refractivity contribution is -0.147. The molecule has 7 heteroatoms. The fourth-order valence-corrected chi connectivity index (χ4v) is 3.04. The van der Waals surface area contributed by atoms with E-state index in [2.05, 4.69) is 15.5 Å². The monoisotopic (exact) mass is 298 g/mol. The second-order valence-corrected chi connectivity index (χ2v) is 6.01. The number of urea groups is 1. The molecular formula is C14H26N4O3. The van der Waals surface area contributed by atoms with E-state index >= 15 is 0 Å². The Morgan fingerprint density at radius 2 is 2.00 bits per heavy atom. The van der Waals surface area contributed by atoms with Crippen molar-refractivity contribution < 1.29 is 14.7 Å². The van der Waals surface area contributed by atoms with Crippen molar-refractivity contribution in [3.05, 3.63) is 0 Å². The first-order valence-corrected chi connectivity index (χ1v) is 7.76. The van der Waals surface area contributed by atoms with Gasteiger partial charge in [0.05, 0.1) is 0 Å². The largest absolute Gasteiger partial charge is 0.480 e. The van der Waals surface area contributed by atoms with Gasteiger partial charge < -0.3 is 25.5 Å². The Morgan fingerprint density at radius 1 is 1.29 bits per heavy atom. The summed E-state index contributed by atoms with van der Waals surface area (Å²) < 4.78 is 0. The molecule has 0 saturated carbocycles. The molecule has 0 spiro atoms. The molecule has 120 valence electrons. The lowest BCUT2D eigenvalue weighted by atomic mass is 10.00. The molecule has 3 N–H and O–H groups in total. The van der Waals surface area contributed by atoms with E-state index in [1.807, 2.05) is 0 Å². The Morgan fingerprint density at radius 3 is 2.67 bits per heavy atom. The van der Waals surface area contributed by atoms with Gasteiger partial charge in [0.1, 0.15) is 5.54 Å². The molecule has 2 aliphatic rings. The Hall–Kier alpha value is -1.34. The molecular weight excluding hydrogens is 272 g/mol. The minimum atomic E-state index is -1.05. The minimum absolute atomic E-state index is 0.252. The van der Waals surface area contributed by atoms with Crippen LogP contribution >= 0.6 is 0 Å². The summed E-state index contributed by atoms with van der Waals surface area (Å²) >= 11 is 0. The zero-order chi connectivity index (χ0) is 15.3. The van der Waals surface area contributed by atoms with Gasteiger partial charge in [0.2, 0.25) is 0 Å². The third kappa shape index (κ3) is 3.85. The first-order valence-electron chi connectivity index (χ1n) is 7.76. The van der Waals surface area contributed by atoms with Gasteiger partial charge in [-0.2, -0.15) is 0 Å². The van der Waals surface area contributed by atoms with Crippen LogP contribution < -0.4 is 10.6 Å². The van der Waals surface area contributed by atoms with Gasteiger partial charge in [-0.15, -0.1) is 0 Å². The zero-order valence-electron chi connectivity index (χ0n) is 12.7. The smallest absolute Gasteiger partial charge is 0.329 e. The molecule has 2 rings (SSSR count). The topological polar surface area (TPSA) is 84.9 Å². The number of rotatable bonds is 5. The number of carbonyl (C=O) groups excluding carboxylic acids is 1. The first-order chi connectivity index (χ1) is 10.0. The van der Waals surface area contributed by atoms with Crippen LogP contribution in [0.25, 0.3) is 0 Å². The lowest BCUT2D eigenvalue weighted by Crippen LogP contribution is -2.54. The number of likely N-dealkylation sites (tertiary alicyclic amines) is 1. The maximum absolute atomic E-state index is 12.1. The fourth-order valence-electron chi connectivity index (χ4n) is 3.04. The van der Waals surface area contributed by atoms with Gasteiger partial charge in [-0.05, 0) is 32.7 Å². The number of piperazine rings is 1. The van der Waals surface area contributed by atoms with E-state index in [0.717, 1.165) is 45.6 Å². The van der Waals surface area contributed by atoms with Gasteiger partial charge in [-0.25, -0.2) is 9.59 Å². The number of hydrogen-bond donors (Lipinski definition) is 3. The highest BCUT2D eigenvalue weighted by Crippen LogP contribution is 2.29. The minimum Gasteiger partial charge on any atom is -0.480 e. The van der Waals surface area contributed by atoms with E-state index in [9.17, 15) is 14.7 Å². The summed E-state index contributed by atoms with van der Waals surface area (Å²) in [7, 11) is 0. The molecule has 2 aliphatic heterocycles. The number of carbonyl (C=O) groups is 2. The van der Waals surface area contributed by atoms with E-state index in [4.69, 9.17) is 0 Å². The second-order valence-electron chi connectivity index (χ2n) is 6.01. The van der Waals surface area contributed by atoms with Crippen LogP contribution in [-0.4, -0.2) is 78.3 Å². The molecule has 1 atom stereocenters. The van der Waals surface area contributed by atoms with Crippen molar-refractivity contribution in [2.75, 3.05) is 45.8 Å². The molecule has 7 nitrogen and oxygen atoms in total. The first kappa shape index (κ1) is 16.0. The van der Waals surface area contributed by atoms with Crippen molar-refractivity contribution in [3.63, 3.8) is 0 Å². The Kier molecular flexibility index (Phi) is 5.41. The SMILES string of the molecule is CC1(C(=O)O)CCCN1C(=O)NCCCN1CCNCC1. The summed E-state index contributed by atoms with van der Waals surface area (Å²) in [6, 6.07) is -0.252. The normalized spacial score (nSPS) is 26.8. The summed E-state index contributed by atoms with van der Waals surface area (Å²) in [5, 5.41) is 15.5. The average Bonchev–Trinajstić information content (AvgIpc) is 2.88. The Labute approximate surface area is 125 Å². The van der Waals surface area contributed by atoms with E-state index in [-0.39, 0.29) is 6.03 Å². The van der Waals surface area contributed by atoms with E-state index in [1.165, 1.54) is 4.90 Å². The van der Waals surface area contributed by atoms with Crippen molar-refractivity contribution in [3.8, 4) is 0 Å². The molecule has 0 aromatic carbocycles. The summed E-state index contributed by atoms with van der Waals surface area (Å²) in [6.45, 7) is 7.87. The highest BCUT2D eigenvalue weighted by molar-refractivity contribution is 5.86. The van der Waals surface area contributed by atoms with Crippen LogP contribution in [0.3, 0.4) is 0 Å². The standard InChI is InChI=1S/C14H26N4O3/c1-14(12(19)20)4-2-9-18(14)13(21)16-5-3-8-17-10-6-15-7-11-17/h15H,2-11H2,1H3,(H,16,21)(H,19,20). The fraction of sp³-hybridized carbons (Fsp3) is 0.857. The summed E-state index contributed by atoms with van der Waals surface area (Å²) in [5.41, 5.74) is -1.05. The molecule has 0 aromatic heterocycles. The number of nitrogens with zero attached hydrogens (tertiary/aromatic N) is 2. The Balaban J connectivity index is 1.70. The number of hydrogen-bond acceptors (Lipinski definition) is 4. The number of carboxylic acids is 1. The highest BCUT2D eigenvalue weighted by atomic mass is 16.4. The molecule has 2 heterocycles. The van der Waals surface area contributed by atoms with Gasteiger partial charge in [0.25, 0.3) is 0 Å². The number of carboxylic acid groups (broad SMARTS) is 1. The molecule has 0 bridgehead atoms. The van der Waals surface area contributed by atoms with Crippen LogP contribution in [0, 0.1) is 0 Å². The Bertz CT molecular complexity index is 384. The molecule has 21 heavy (non-hydrogen) atoms. The van der Waals surface area contributed by atoms with Crippen LogP contribution in [0.2, 0.25) is 0 Å². The maximum atomic E-state index is 12.1. The quantitative estimate of drug-likeness (QED) is 0.619. The number of nitrogens with one attached hydrogen (secondary N) is 2. The molecule has 0 aromatic rings. The van der Waals surface area contributed by atoms with Crippen LogP contribution in [0.5, 0.6) is 0 Å². The van der Waals surface area contributed by atoms with Crippen molar-refractivity contribution in [2.24, 2.45) is 0 Å². The predicted molar refractivity (Wildman–Crippen MR) is 79.3 cm³/mol. The van der Waals surface area contributed by atoms with E-state index in [1.54, 1.807) is 6.92 Å². The molecule has 0 radical (unpaired) electrons. The van der Waals surface area contributed by atoms with Gasteiger partial charge in [0.15, 0.2) is 0 Å². The molecule has 0 aliphatic carbocycles. The summed E-state index contributed by atoms with van der Waals surface area (Å²) in [5.74, 6) is -0.920. The molecule has 2 amide bonds. The second kappa shape index (κ2) is 7.09. The van der Waals surface area contributed by atoms with Crippen molar-refractivity contribution in [2.45, 2.75) is 31.7 Å². The van der Waals surface area contributed by atoms with Crippen molar-refractivity contribution in [1.82, 2.24) is 20.4 Å². The molecule has 2 fully saturated rings. The summed E-state index contributed by atoms with van der Waals surface area (Å²) in [6.07, 6.45) is 2.16. The molecule has 1 unspecified atom stereocenters. The molecule has 2 saturated heterocycles. The summed E-state index contributed by atoms with van der Waals surface area (Å²) in [4.78, 5) is 27.3. The van der Waals surface area contributed by atoms with Gasteiger partial charge in [-0.1, -0.05) is 0 Å². The highest BCUT2D eigenvalue weighted by Gasteiger charge is 2.45. The van der Waals surface area contributed by atoms with Gasteiger partial charge in [-0.3, -0.25) is 0 Å². The lowest BCUT2D eigenvalue weighted by Gasteiger charge is -2.31. The zero-order valence-corrected chi connectivity index (χ0v) is 12.7. The number of amides is 2. The van der Waals surface area contributed by atoms with Gasteiger partial charge in [0, 0.05) is 39.3 Å². The third-order valence-corrected chi connectivity index (χ3v) is 4.48. The average molecular weight is 298 g/mol. The van der Waals surface area contributed by atoms with Gasteiger partial charge >= 0.3 is 12.0 Å².